The van der Waals surface area contributed by atoms with E-state index >= 15 is 0 Å². The zero-order chi connectivity index (χ0) is 44.9. The Morgan fingerprint density at radius 1 is 0.391 bits per heavy atom. The maximum atomic E-state index is 13.3. The second kappa shape index (κ2) is 22.3. The number of carbonyl (C=O) groups is 2. The number of aryl methyl sites for hydroxylation is 1. The van der Waals surface area contributed by atoms with E-state index in [2.05, 4.69) is 264 Å². The first kappa shape index (κ1) is 48.2. The molecule has 0 fully saturated rings. The molecule has 8 aromatic carbocycles. The van der Waals surface area contributed by atoms with Gasteiger partial charge in [0.25, 0.3) is 0 Å². The van der Waals surface area contributed by atoms with Crippen LogP contribution in [-0.4, -0.2) is 11.9 Å². The minimum Gasteiger partial charge on any atom is -0.423 e. The van der Waals surface area contributed by atoms with E-state index in [1.807, 2.05) is 54.6 Å². The average molecular weight is 1550 g/mol. The molecule has 4 nitrogen and oxygen atoms in total. The van der Waals surface area contributed by atoms with Crippen LogP contribution in [-0.2, 0) is 28.2 Å². The monoisotopic (exact) mass is 1550 g/mol. The average Bonchev–Trinajstić information content (AvgIpc) is 3.30. The Bertz CT molecular complexity index is 2950. The second-order valence-corrected chi connectivity index (χ2v) is 25.2. The summed E-state index contributed by atoms with van der Waals surface area (Å²) in [6.07, 6.45) is 0.800. The highest BCUT2D eigenvalue weighted by Gasteiger charge is 2.31. The van der Waals surface area contributed by atoms with Crippen LogP contribution in [0, 0.1) is 28.3 Å². The van der Waals surface area contributed by atoms with E-state index in [4.69, 9.17) is 9.47 Å². The quantitative estimate of drug-likeness (QED) is 0.0402. The van der Waals surface area contributed by atoms with Crippen LogP contribution in [0.4, 0.5) is 0 Å². The van der Waals surface area contributed by atoms with Crippen LogP contribution in [0.1, 0.15) is 37.4 Å². The predicted octanol–water partition coefficient (Wildman–Crippen LogP) is 15.8. The Labute approximate surface area is 461 Å². The Balaban J connectivity index is 0.989. The summed E-state index contributed by atoms with van der Waals surface area (Å²) in [6, 6.07) is 61.0. The van der Waals surface area contributed by atoms with Gasteiger partial charge in [-0.05, 0) is 281 Å². The number of ether oxygens (including phenoxy) is 2. The van der Waals surface area contributed by atoms with Crippen molar-refractivity contribution in [1.82, 2.24) is 0 Å². The molecule has 0 radical (unpaired) electrons. The number of carbonyl (C=O) groups excluding carboxylic acids is 2. The van der Waals surface area contributed by atoms with Crippen LogP contribution in [0.3, 0.4) is 0 Å². The van der Waals surface area contributed by atoms with Crippen molar-refractivity contribution in [3.8, 4) is 11.5 Å². The molecule has 12 heteroatoms. The predicted molar refractivity (Wildman–Crippen MR) is 310 cm³/mol. The number of hydrogen-bond acceptors (Lipinski definition) is 4. The number of hydrogen-bond donors (Lipinski definition) is 0. The number of esters is 2. The van der Waals surface area contributed by atoms with Gasteiger partial charge in [0.2, 0.25) is 0 Å². The van der Waals surface area contributed by atoms with Crippen molar-refractivity contribution in [3.63, 3.8) is 0 Å². The molecule has 0 aliphatic carbocycles. The third-order valence-corrected chi connectivity index (χ3v) is 22.4. The number of halogens is 6. The summed E-state index contributed by atoms with van der Waals surface area (Å²) in [7, 11) is -0.743. The van der Waals surface area contributed by atoms with Crippen molar-refractivity contribution >= 4 is 169 Å². The molecule has 0 aliphatic heterocycles. The molecule has 0 amide bonds. The maximum absolute atomic E-state index is 13.3. The van der Waals surface area contributed by atoms with E-state index < -0.39 is 0 Å². The minimum absolute atomic E-state index is 0.353. The van der Waals surface area contributed by atoms with Gasteiger partial charge in [-0.2, -0.15) is 0 Å². The van der Waals surface area contributed by atoms with Crippen LogP contribution in [0.5, 0.6) is 11.5 Å². The lowest BCUT2D eigenvalue weighted by Crippen LogP contribution is -2.13. The molecule has 0 bridgehead atoms. The van der Waals surface area contributed by atoms with Crippen molar-refractivity contribution in [2.24, 2.45) is 0 Å². The normalized spacial score (nSPS) is 12.0. The third-order valence-electron chi connectivity index (χ3n) is 10.00. The molecule has 2 unspecified atom stereocenters. The smallest absolute Gasteiger partial charge is 0.345 e. The Morgan fingerprint density at radius 3 is 1.08 bits per heavy atom. The van der Waals surface area contributed by atoms with Crippen molar-refractivity contribution in [1.29, 1.82) is 0 Å². The number of benzene rings is 8. The Kier molecular flexibility index (Phi) is 16.8. The SMILES string of the molecule is Cc1ccc([S+](c2ccc(Cc3ccc([S+](c4ccccc4)c4ccc(OC(=O)c5c(I)ccc(I)c5I)cc4)cc3)cc2)c2ccc(OC(=O)c3c(I)ccc(I)c3I)cc2)cc1. The zero-order valence-electron chi connectivity index (χ0n) is 33.7. The number of rotatable bonds is 12. The molecule has 0 saturated heterocycles. The van der Waals surface area contributed by atoms with Gasteiger partial charge in [0.05, 0.1) is 32.9 Å². The van der Waals surface area contributed by atoms with Crippen LogP contribution in [0.2, 0.25) is 0 Å². The van der Waals surface area contributed by atoms with Crippen LogP contribution in [0.25, 0.3) is 0 Å². The summed E-state index contributed by atoms with van der Waals surface area (Å²) < 4.78 is 17.3. The van der Waals surface area contributed by atoms with Crippen LogP contribution in [0.15, 0.2) is 205 Å². The van der Waals surface area contributed by atoms with Gasteiger partial charge in [-0.25, -0.2) is 9.59 Å². The van der Waals surface area contributed by atoms with Gasteiger partial charge < -0.3 is 9.47 Å². The van der Waals surface area contributed by atoms with Crippen molar-refractivity contribution in [2.45, 2.75) is 42.7 Å². The molecular formula is C52H34I6O4S2+2. The molecule has 0 aliphatic rings. The molecule has 8 aromatic rings. The highest BCUT2D eigenvalue weighted by Crippen LogP contribution is 2.36. The first-order valence-corrected chi connectivity index (χ1v) is 28.6. The molecule has 0 aromatic heterocycles. The Hall–Kier alpha value is -2.22. The van der Waals surface area contributed by atoms with Gasteiger partial charge in [-0.1, -0.05) is 60.2 Å². The van der Waals surface area contributed by atoms with Crippen molar-refractivity contribution < 1.29 is 19.1 Å². The molecule has 8 rings (SSSR count). The fourth-order valence-corrected chi connectivity index (χ4v) is 15.6. The molecule has 0 saturated carbocycles. The van der Waals surface area contributed by atoms with E-state index in [1.54, 1.807) is 0 Å². The topological polar surface area (TPSA) is 52.6 Å². The molecular weight excluding hydrogens is 1510 g/mol. The van der Waals surface area contributed by atoms with Gasteiger partial charge in [-0.15, -0.1) is 0 Å². The van der Waals surface area contributed by atoms with E-state index in [9.17, 15) is 9.59 Å². The molecule has 0 heterocycles. The third kappa shape index (κ3) is 11.5. The summed E-state index contributed by atoms with van der Waals surface area (Å²) in [5.74, 6) is 0.327. The highest BCUT2D eigenvalue weighted by atomic mass is 127. The first-order chi connectivity index (χ1) is 30.9. The highest BCUT2D eigenvalue weighted by molar-refractivity contribution is 14.1. The van der Waals surface area contributed by atoms with Gasteiger partial charge >= 0.3 is 11.9 Å². The van der Waals surface area contributed by atoms with E-state index in [0.717, 1.165) is 37.6 Å². The van der Waals surface area contributed by atoms with Gasteiger partial charge in [0.1, 0.15) is 11.5 Å². The fourth-order valence-electron chi connectivity index (χ4n) is 6.80. The van der Waals surface area contributed by atoms with Crippen LogP contribution >= 0.6 is 136 Å². The summed E-state index contributed by atoms with van der Waals surface area (Å²) in [5.41, 5.74) is 4.86. The fraction of sp³-hybridized carbons (Fsp3) is 0.0385. The van der Waals surface area contributed by atoms with Crippen molar-refractivity contribution in [3.05, 3.63) is 225 Å². The summed E-state index contributed by atoms with van der Waals surface area (Å²) in [5, 5.41) is 0. The lowest BCUT2D eigenvalue weighted by molar-refractivity contribution is 0.0722. The second-order valence-electron chi connectivity index (χ2n) is 14.4. The van der Waals surface area contributed by atoms with E-state index in [-0.39, 0.29) is 33.7 Å². The lowest BCUT2D eigenvalue weighted by Gasteiger charge is -2.12. The van der Waals surface area contributed by atoms with Crippen molar-refractivity contribution in [2.75, 3.05) is 0 Å². The molecule has 0 N–H and O–H groups in total. The van der Waals surface area contributed by atoms with E-state index in [1.165, 1.54) is 36.3 Å². The summed E-state index contributed by atoms with van der Waals surface area (Å²) >= 11 is 13.3. The minimum atomic E-state index is -0.375. The van der Waals surface area contributed by atoms with Gasteiger partial charge in [-0.3, -0.25) is 0 Å². The Morgan fingerprint density at radius 2 is 0.703 bits per heavy atom. The lowest BCUT2D eigenvalue weighted by atomic mass is 10.1. The molecule has 2 atom stereocenters. The first-order valence-electron chi connectivity index (χ1n) is 19.6. The largest absolute Gasteiger partial charge is 0.423 e. The maximum Gasteiger partial charge on any atom is 0.345 e. The molecule has 0 spiro atoms. The van der Waals surface area contributed by atoms with Gasteiger partial charge in [0, 0.05) is 21.4 Å². The molecule has 318 valence electrons. The zero-order valence-corrected chi connectivity index (χ0v) is 48.2. The van der Waals surface area contributed by atoms with Crippen LogP contribution < -0.4 is 9.47 Å². The molecule has 64 heavy (non-hydrogen) atoms. The summed E-state index contributed by atoms with van der Waals surface area (Å²) in [4.78, 5) is 33.7. The summed E-state index contributed by atoms with van der Waals surface area (Å²) in [6.45, 7) is 2.11. The van der Waals surface area contributed by atoms with E-state index in [0.29, 0.717) is 22.6 Å². The standard InChI is InChI=1S/C52H34I6O4S2/c1-32-7-17-38(18-8-32)64(42-25-15-36(16-26-42)62-52(60)48-44(54)28-30-46(56)50(48)58)40-21-11-34(12-22-40)31-33-9-19-39(20-10-33)63(37-5-3-2-4-6-37)41-23-13-35(14-24-41)61-51(59)47-43(53)27-29-45(55)49(47)57/h2-30H,31H2,1H3/q+2. The van der Waals surface area contributed by atoms with Gasteiger partial charge in [0.15, 0.2) is 29.4 Å².